The van der Waals surface area contributed by atoms with E-state index in [-0.39, 0.29) is 11.8 Å². The van der Waals surface area contributed by atoms with Crippen molar-refractivity contribution >= 4 is 29.0 Å². The molecule has 1 saturated heterocycles. The van der Waals surface area contributed by atoms with Gasteiger partial charge in [0.2, 0.25) is 0 Å². The second-order valence-electron chi connectivity index (χ2n) is 5.55. The van der Waals surface area contributed by atoms with Crippen LogP contribution >= 0.6 is 11.8 Å². The lowest BCUT2D eigenvalue weighted by Crippen LogP contribution is -2.17. The number of imide groups is 1. The summed E-state index contributed by atoms with van der Waals surface area (Å²) in [7, 11) is 0. The number of nitrogens with one attached hydrogen (secondary N) is 1. The van der Waals surface area contributed by atoms with Crippen LogP contribution in [0.15, 0.2) is 47.4 Å². The van der Waals surface area contributed by atoms with Crippen molar-refractivity contribution in [3.05, 3.63) is 64.1 Å². The quantitative estimate of drug-likeness (QED) is 0.766. The van der Waals surface area contributed by atoms with Crippen LogP contribution in [0.3, 0.4) is 0 Å². The molecule has 0 atom stereocenters. The minimum atomic E-state index is -0.406. The molecule has 0 aromatic heterocycles. The molecule has 2 aromatic rings. The number of ether oxygens (including phenoxy) is 2. The van der Waals surface area contributed by atoms with E-state index in [1.54, 1.807) is 36.4 Å². The molecular formula is C20H16N2O4S. The second kappa shape index (κ2) is 8.43. The summed E-state index contributed by atoms with van der Waals surface area (Å²) in [5, 5.41) is 11.0. The summed E-state index contributed by atoms with van der Waals surface area (Å²) in [6.07, 6.45) is 1.63. The Morgan fingerprint density at radius 1 is 1.15 bits per heavy atom. The van der Waals surface area contributed by atoms with Crippen LogP contribution in [0.25, 0.3) is 6.08 Å². The maximum atomic E-state index is 11.7. The van der Waals surface area contributed by atoms with Gasteiger partial charge in [0.05, 0.1) is 23.1 Å². The maximum absolute atomic E-state index is 11.7. The molecule has 0 aliphatic carbocycles. The van der Waals surface area contributed by atoms with Gasteiger partial charge in [-0.1, -0.05) is 24.3 Å². The highest BCUT2D eigenvalue weighted by Crippen LogP contribution is 2.32. The van der Waals surface area contributed by atoms with Gasteiger partial charge in [0, 0.05) is 5.56 Å². The molecule has 1 aliphatic heterocycles. The summed E-state index contributed by atoms with van der Waals surface area (Å²) in [4.78, 5) is 23.3. The van der Waals surface area contributed by atoms with Gasteiger partial charge in [-0.25, -0.2) is 0 Å². The van der Waals surface area contributed by atoms with Crippen LogP contribution in [-0.4, -0.2) is 17.8 Å². The molecule has 27 heavy (non-hydrogen) atoms. The largest absolute Gasteiger partial charge is 0.490 e. The van der Waals surface area contributed by atoms with Crippen molar-refractivity contribution < 1.29 is 19.1 Å². The summed E-state index contributed by atoms with van der Waals surface area (Å²) in [5.74, 6) is 0.652. The van der Waals surface area contributed by atoms with Crippen LogP contribution in [0, 0.1) is 11.3 Å². The fourth-order valence-corrected chi connectivity index (χ4v) is 3.17. The van der Waals surface area contributed by atoms with Gasteiger partial charge in [-0.05, 0) is 48.5 Å². The first-order valence-electron chi connectivity index (χ1n) is 8.23. The van der Waals surface area contributed by atoms with E-state index >= 15 is 0 Å². The number of hydrogen-bond donors (Lipinski definition) is 1. The summed E-state index contributed by atoms with van der Waals surface area (Å²) in [5.41, 5.74) is 2.06. The van der Waals surface area contributed by atoms with Crippen molar-refractivity contribution in [3.63, 3.8) is 0 Å². The Morgan fingerprint density at radius 3 is 2.67 bits per heavy atom. The molecule has 2 amide bonds. The SMILES string of the molecule is CCOc1cc(/C=C2/SC(=O)NC2=O)ccc1OCc1ccccc1C#N. The lowest BCUT2D eigenvalue weighted by atomic mass is 10.1. The fraction of sp³-hybridized carbons (Fsp3) is 0.150. The Labute approximate surface area is 160 Å². The summed E-state index contributed by atoms with van der Waals surface area (Å²) >= 11 is 0.862. The monoisotopic (exact) mass is 380 g/mol. The summed E-state index contributed by atoms with van der Waals surface area (Å²) < 4.78 is 11.5. The van der Waals surface area contributed by atoms with E-state index in [4.69, 9.17) is 9.47 Å². The van der Waals surface area contributed by atoms with Gasteiger partial charge >= 0.3 is 0 Å². The minimum Gasteiger partial charge on any atom is -0.490 e. The van der Waals surface area contributed by atoms with Crippen molar-refractivity contribution in [1.82, 2.24) is 5.32 Å². The highest BCUT2D eigenvalue weighted by molar-refractivity contribution is 8.18. The van der Waals surface area contributed by atoms with Gasteiger partial charge < -0.3 is 9.47 Å². The molecule has 2 aromatic carbocycles. The highest BCUT2D eigenvalue weighted by atomic mass is 32.2. The number of carbonyl (C=O) groups excluding carboxylic acids is 2. The van der Waals surface area contributed by atoms with E-state index in [1.165, 1.54) is 0 Å². The molecule has 0 saturated carbocycles. The van der Waals surface area contributed by atoms with Crippen LogP contribution in [0.1, 0.15) is 23.6 Å². The molecule has 3 rings (SSSR count). The van der Waals surface area contributed by atoms with Crippen LogP contribution in [0.2, 0.25) is 0 Å². The second-order valence-corrected chi connectivity index (χ2v) is 6.56. The number of rotatable bonds is 6. The molecule has 0 unspecified atom stereocenters. The molecule has 1 aliphatic rings. The van der Waals surface area contributed by atoms with E-state index < -0.39 is 5.91 Å². The zero-order chi connectivity index (χ0) is 19.2. The molecule has 136 valence electrons. The lowest BCUT2D eigenvalue weighted by Gasteiger charge is -2.13. The Kier molecular flexibility index (Phi) is 5.79. The third-order valence-corrected chi connectivity index (χ3v) is 4.54. The highest BCUT2D eigenvalue weighted by Gasteiger charge is 2.25. The van der Waals surface area contributed by atoms with Crippen LogP contribution in [0.5, 0.6) is 11.5 Å². The molecule has 1 N–H and O–H groups in total. The fourth-order valence-electron chi connectivity index (χ4n) is 2.49. The van der Waals surface area contributed by atoms with Gasteiger partial charge in [-0.2, -0.15) is 5.26 Å². The number of hydrogen-bond acceptors (Lipinski definition) is 6. The van der Waals surface area contributed by atoms with E-state index in [0.29, 0.717) is 28.6 Å². The maximum Gasteiger partial charge on any atom is 0.290 e. The molecule has 0 spiro atoms. The number of nitrogens with zero attached hydrogens (tertiary/aromatic N) is 1. The first-order valence-corrected chi connectivity index (χ1v) is 9.05. The number of nitriles is 1. The van der Waals surface area contributed by atoms with Gasteiger partial charge in [0.25, 0.3) is 11.1 Å². The number of carbonyl (C=O) groups is 2. The van der Waals surface area contributed by atoms with Crippen LogP contribution in [0.4, 0.5) is 4.79 Å². The molecule has 1 fully saturated rings. The standard InChI is InChI=1S/C20H16N2O4S/c1-2-25-17-9-13(10-18-19(23)22-20(24)27-18)7-8-16(17)26-12-15-6-4-3-5-14(15)11-21/h3-10H,2,12H2,1H3,(H,22,23,24)/b18-10+. The van der Waals surface area contributed by atoms with Crippen LogP contribution < -0.4 is 14.8 Å². The van der Waals surface area contributed by atoms with Crippen LogP contribution in [-0.2, 0) is 11.4 Å². The molecular weight excluding hydrogens is 364 g/mol. The van der Waals surface area contributed by atoms with Gasteiger partial charge in [0.1, 0.15) is 6.61 Å². The molecule has 0 radical (unpaired) electrons. The summed E-state index contributed by atoms with van der Waals surface area (Å²) in [6, 6.07) is 14.6. The first-order chi connectivity index (χ1) is 13.1. The van der Waals surface area contributed by atoms with Gasteiger partial charge in [-0.15, -0.1) is 0 Å². The zero-order valence-electron chi connectivity index (χ0n) is 14.5. The Balaban J connectivity index is 1.82. The predicted octanol–water partition coefficient (Wildman–Crippen LogP) is 3.86. The molecule has 6 nitrogen and oxygen atoms in total. The number of thioether (sulfide) groups is 1. The average molecular weight is 380 g/mol. The van der Waals surface area contributed by atoms with E-state index in [1.807, 2.05) is 19.1 Å². The third kappa shape index (κ3) is 4.49. The van der Waals surface area contributed by atoms with Crippen molar-refractivity contribution in [1.29, 1.82) is 5.26 Å². The normalized spacial score (nSPS) is 14.7. The van der Waals surface area contributed by atoms with E-state index in [0.717, 1.165) is 22.9 Å². The minimum absolute atomic E-state index is 0.233. The zero-order valence-corrected chi connectivity index (χ0v) is 15.3. The lowest BCUT2D eigenvalue weighted by molar-refractivity contribution is -0.115. The van der Waals surface area contributed by atoms with E-state index in [2.05, 4.69) is 11.4 Å². The Morgan fingerprint density at radius 2 is 1.96 bits per heavy atom. The number of benzene rings is 2. The summed E-state index contributed by atoms with van der Waals surface area (Å²) in [6.45, 7) is 2.54. The Bertz CT molecular complexity index is 963. The van der Waals surface area contributed by atoms with E-state index in [9.17, 15) is 14.9 Å². The molecule has 7 heteroatoms. The molecule has 1 heterocycles. The average Bonchev–Trinajstić information content (AvgIpc) is 2.98. The van der Waals surface area contributed by atoms with Gasteiger partial charge in [0.15, 0.2) is 11.5 Å². The predicted molar refractivity (Wildman–Crippen MR) is 102 cm³/mol. The first kappa shape index (κ1) is 18.5. The van der Waals surface area contributed by atoms with Crippen molar-refractivity contribution in [3.8, 4) is 17.6 Å². The van der Waals surface area contributed by atoms with Gasteiger partial charge in [-0.3, -0.25) is 14.9 Å². The Hall–Kier alpha value is -3.24. The molecule has 0 bridgehead atoms. The van der Waals surface area contributed by atoms with Crippen molar-refractivity contribution in [2.24, 2.45) is 0 Å². The van der Waals surface area contributed by atoms with Crippen molar-refractivity contribution in [2.75, 3.05) is 6.61 Å². The van der Waals surface area contributed by atoms with Crippen molar-refractivity contribution in [2.45, 2.75) is 13.5 Å². The smallest absolute Gasteiger partial charge is 0.290 e. The third-order valence-electron chi connectivity index (χ3n) is 3.73. The topological polar surface area (TPSA) is 88.4 Å². The number of amides is 2.